The third-order valence-electron chi connectivity index (χ3n) is 5.44. The number of carbonyl (C=O) groups excluding carboxylic acids is 1. The van der Waals surface area contributed by atoms with Crippen LogP contribution in [0.1, 0.15) is 42.6 Å². The molecular weight excluding hydrogens is 386 g/mol. The van der Waals surface area contributed by atoms with Gasteiger partial charge < -0.3 is 4.90 Å². The van der Waals surface area contributed by atoms with Gasteiger partial charge in [0.05, 0.1) is 29.4 Å². The first-order valence-corrected chi connectivity index (χ1v) is 10.8. The fourth-order valence-corrected chi connectivity index (χ4v) is 3.68. The van der Waals surface area contributed by atoms with E-state index in [0.29, 0.717) is 24.3 Å². The summed E-state index contributed by atoms with van der Waals surface area (Å²) in [7, 11) is 0. The zero-order chi connectivity index (χ0) is 21.6. The number of nitrogens with zero attached hydrogens (tertiary/aromatic N) is 5. The monoisotopic (exact) mass is 413 g/mol. The molecule has 1 aromatic carbocycles. The molecule has 0 saturated heterocycles. The van der Waals surface area contributed by atoms with Crippen molar-refractivity contribution in [3.8, 4) is 11.3 Å². The third kappa shape index (κ3) is 4.48. The van der Waals surface area contributed by atoms with Crippen LogP contribution in [0.15, 0.2) is 67.1 Å². The van der Waals surface area contributed by atoms with Gasteiger partial charge in [-0.2, -0.15) is 5.10 Å². The van der Waals surface area contributed by atoms with E-state index in [0.717, 1.165) is 41.6 Å². The Bertz CT molecular complexity index is 1150. The highest BCUT2D eigenvalue weighted by molar-refractivity contribution is 6.06. The first-order chi connectivity index (χ1) is 15.2. The second-order valence-electron chi connectivity index (χ2n) is 7.55. The molecule has 1 amide bonds. The average Bonchev–Trinajstić information content (AvgIpc) is 3.22. The quantitative estimate of drug-likeness (QED) is 0.416. The highest BCUT2D eigenvalue weighted by Gasteiger charge is 2.21. The Morgan fingerprint density at radius 1 is 1.06 bits per heavy atom. The minimum atomic E-state index is 0.0315. The number of rotatable bonds is 8. The molecule has 6 heteroatoms. The first kappa shape index (κ1) is 20.7. The van der Waals surface area contributed by atoms with E-state index in [1.165, 1.54) is 0 Å². The number of aromatic nitrogens is 4. The molecule has 0 aliphatic carbocycles. The lowest BCUT2D eigenvalue weighted by Crippen LogP contribution is -2.32. The summed E-state index contributed by atoms with van der Waals surface area (Å²) in [5.41, 5.74) is 4.21. The van der Waals surface area contributed by atoms with Crippen molar-refractivity contribution in [2.75, 3.05) is 13.1 Å². The van der Waals surface area contributed by atoms with Crippen molar-refractivity contribution in [2.45, 2.75) is 33.2 Å². The molecule has 0 radical (unpaired) electrons. The van der Waals surface area contributed by atoms with E-state index in [-0.39, 0.29) is 5.91 Å². The summed E-state index contributed by atoms with van der Waals surface area (Å²) in [6, 6.07) is 15.8. The minimum Gasteiger partial charge on any atom is -0.339 e. The molecule has 3 aromatic heterocycles. The minimum absolute atomic E-state index is 0.0315. The Kier molecular flexibility index (Phi) is 6.36. The van der Waals surface area contributed by atoms with Gasteiger partial charge in [-0.05, 0) is 37.1 Å². The van der Waals surface area contributed by atoms with Crippen molar-refractivity contribution in [2.24, 2.45) is 0 Å². The number of carbonyl (C=O) groups is 1. The Labute approximate surface area is 182 Å². The normalized spacial score (nSPS) is 11.0. The lowest BCUT2D eigenvalue weighted by Gasteiger charge is -2.21. The summed E-state index contributed by atoms with van der Waals surface area (Å²) < 4.78 is 1.86. The molecule has 0 aliphatic rings. The average molecular weight is 414 g/mol. The molecule has 4 aromatic rings. The van der Waals surface area contributed by atoms with Gasteiger partial charge in [-0.15, -0.1) is 0 Å². The molecule has 0 spiro atoms. The molecule has 158 valence electrons. The van der Waals surface area contributed by atoms with Gasteiger partial charge in [0, 0.05) is 31.0 Å². The zero-order valence-electron chi connectivity index (χ0n) is 18.0. The van der Waals surface area contributed by atoms with Gasteiger partial charge in [0.1, 0.15) is 0 Å². The van der Waals surface area contributed by atoms with E-state index in [4.69, 9.17) is 4.98 Å². The van der Waals surface area contributed by atoms with Crippen LogP contribution in [-0.4, -0.2) is 43.6 Å². The molecule has 4 rings (SSSR count). The van der Waals surface area contributed by atoms with Gasteiger partial charge in [0.15, 0.2) is 5.65 Å². The summed E-state index contributed by atoms with van der Waals surface area (Å²) in [5, 5.41) is 5.36. The van der Waals surface area contributed by atoms with Crippen molar-refractivity contribution in [3.63, 3.8) is 0 Å². The van der Waals surface area contributed by atoms with Crippen LogP contribution < -0.4 is 0 Å². The molecule has 31 heavy (non-hydrogen) atoms. The van der Waals surface area contributed by atoms with Crippen LogP contribution in [0.3, 0.4) is 0 Å². The van der Waals surface area contributed by atoms with Gasteiger partial charge in [0.2, 0.25) is 0 Å². The number of hydrogen-bond acceptors (Lipinski definition) is 4. The van der Waals surface area contributed by atoms with Gasteiger partial charge in [0.25, 0.3) is 5.91 Å². The second kappa shape index (κ2) is 9.51. The van der Waals surface area contributed by atoms with Crippen molar-refractivity contribution >= 4 is 16.9 Å². The predicted molar refractivity (Wildman–Crippen MR) is 123 cm³/mol. The lowest BCUT2D eigenvalue weighted by molar-refractivity contribution is 0.0764. The second-order valence-corrected chi connectivity index (χ2v) is 7.55. The van der Waals surface area contributed by atoms with E-state index in [2.05, 4.69) is 17.0 Å². The Morgan fingerprint density at radius 3 is 2.55 bits per heavy atom. The van der Waals surface area contributed by atoms with E-state index in [1.807, 2.05) is 65.0 Å². The van der Waals surface area contributed by atoms with Crippen LogP contribution in [0.5, 0.6) is 0 Å². The number of hydrogen-bond donors (Lipinski definition) is 0. The number of unbranched alkanes of at least 4 members (excludes halogenated alkanes) is 1. The predicted octanol–water partition coefficient (Wildman–Crippen LogP) is 4.80. The molecule has 0 bridgehead atoms. The van der Waals surface area contributed by atoms with E-state index >= 15 is 0 Å². The third-order valence-corrected chi connectivity index (χ3v) is 5.44. The number of pyridine rings is 2. The number of amides is 1. The summed E-state index contributed by atoms with van der Waals surface area (Å²) in [6.45, 7) is 6.16. The zero-order valence-corrected chi connectivity index (χ0v) is 18.0. The smallest absolute Gasteiger partial charge is 0.254 e. The molecule has 6 nitrogen and oxygen atoms in total. The maximum absolute atomic E-state index is 13.5. The summed E-state index contributed by atoms with van der Waals surface area (Å²) in [5.74, 6) is 0.0315. The maximum Gasteiger partial charge on any atom is 0.254 e. The fourth-order valence-electron chi connectivity index (χ4n) is 3.68. The SMILES string of the molecule is CCCCN(CC)C(=O)c1cc(-c2ccccc2)nc2c1cnn2Cc1ccncc1. The lowest BCUT2D eigenvalue weighted by atomic mass is 10.1. The summed E-state index contributed by atoms with van der Waals surface area (Å²) in [4.78, 5) is 24.4. The summed E-state index contributed by atoms with van der Waals surface area (Å²) >= 11 is 0. The van der Waals surface area contributed by atoms with Crippen LogP contribution in [0.25, 0.3) is 22.3 Å². The van der Waals surface area contributed by atoms with Crippen molar-refractivity contribution in [3.05, 3.63) is 78.2 Å². The van der Waals surface area contributed by atoms with Crippen LogP contribution in [0.2, 0.25) is 0 Å². The number of benzene rings is 1. The van der Waals surface area contributed by atoms with Crippen LogP contribution in [-0.2, 0) is 6.54 Å². The first-order valence-electron chi connectivity index (χ1n) is 10.8. The standard InChI is InChI=1S/C25H27N5O/c1-3-5-15-29(4-2)25(31)21-16-23(20-9-7-6-8-10-20)28-24-22(21)17-27-30(24)18-19-11-13-26-14-12-19/h6-14,16-17H,3-5,15,18H2,1-2H3. The molecule has 0 N–H and O–H groups in total. The highest BCUT2D eigenvalue weighted by atomic mass is 16.2. The van der Waals surface area contributed by atoms with Crippen molar-refractivity contribution < 1.29 is 4.79 Å². The number of fused-ring (bicyclic) bond motifs is 1. The van der Waals surface area contributed by atoms with Gasteiger partial charge >= 0.3 is 0 Å². The molecule has 0 unspecified atom stereocenters. The van der Waals surface area contributed by atoms with Gasteiger partial charge in [-0.25, -0.2) is 9.67 Å². The Hall–Kier alpha value is -3.54. The van der Waals surface area contributed by atoms with E-state index in [1.54, 1.807) is 18.6 Å². The Morgan fingerprint density at radius 2 is 1.84 bits per heavy atom. The molecular formula is C25H27N5O. The van der Waals surface area contributed by atoms with Crippen LogP contribution in [0, 0.1) is 0 Å². The van der Waals surface area contributed by atoms with Gasteiger partial charge in [-0.1, -0.05) is 43.7 Å². The van der Waals surface area contributed by atoms with Crippen molar-refractivity contribution in [1.29, 1.82) is 0 Å². The largest absolute Gasteiger partial charge is 0.339 e. The fraction of sp³-hybridized carbons (Fsp3) is 0.280. The Balaban J connectivity index is 1.83. The molecule has 0 atom stereocenters. The summed E-state index contributed by atoms with van der Waals surface area (Å²) in [6.07, 6.45) is 7.34. The van der Waals surface area contributed by atoms with Crippen LogP contribution >= 0.6 is 0 Å². The molecule has 0 fully saturated rings. The maximum atomic E-state index is 13.5. The topological polar surface area (TPSA) is 63.9 Å². The van der Waals surface area contributed by atoms with Crippen LogP contribution in [0.4, 0.5) is 0 Å². The van der Waals surface area contributed by atoms with Gasteiger partial charge in [-0.3, -0.25) is 9.78 Å². The molecule has 3 heterocycles. The van der Waals surface area contributed by atoms with E-state index < -0.39 is 0 Å². The highest BCUT2D eigenvalue weighted by Crippen LogP contribution is 2.26. The molecule has 0 aliphatic heterocycles. The van der Waals surface area contributed by atoms with E-state index in [9.17, 15) is 4.79 Å². The molecule has 0 saturated carbocycles. The van der Waals surface area contributed by atoms with Crippen molar-refractivity contribution in [1.82, 2.24) is 24.6 Å².